The van der Waals surface area contributed by atoms with E-state index in [2.05, 4.69) is 5.16 Å². The fourth-order valence-corrected chi connectivity index (χ4v) is 2.16. The molecule has 1 amide bonds. The third kappa shape index (κ3) is 3.58. The van der Waals surface area contributed by atoms with Gasteiger partial charge >= 0.3 is 0 Å². The summed E-state index contributed by atoms with van der Waals surface area (Å²) in [6, 6.07) is 11.2. The van der Waals surface area contributed by atoms with E-state index in [1.165, 1.54) is 16.2 Å². The third-order valence-electron chi connectivity index (χ3n) is 2.69. The lowest BCUT2D eigenvalue weighted by Gasteiger charge is -2.16. The lowest BCUT2D eigenvalue weighted by molar-refractivity contribution is -0.122. The number of anilines is 1. The third-order valence-corrected chi connectivity index (χ3v) is 3.37. The van der Waals surface area contributed by atoms with Crippen molar-refractivity contribution >= 4 is 28.8 Å². The molecule has 1 heterocycles. The van der Waals surface area contributed by atoms with Crippen LogP contribution in [0.25, 0.3) is 0 Å². The van der Waals surface area contributed by atoms with Crippen molar-refractivity contribution in [1.29, 1.82) is 0 Å². The van der Waals surface area contributed by atoms with E-state index >= 15 is 0 Å². The van der Waals surface area contributed by atoms with E-state index in [1.54, 1.807) is 7.05 Å². The number of oxime groups is 1. The number of hydrogen-bond donors (Lipinski definition) is 1. The first-order chi connectivity index (χ1) is 9.68. The summed E-state index contributed by atoms with van der Waals surface area (Å²) >= 11 is 1.52. The minimum atomic E-state index is -0.196. The van der Waals surface area contributed by atoms with Gasteiger partial charge < -0.3 is 15.5 Å². The van der Waals surface area contributed by atoms with E-state index in [1.807, 2.05) is 47.2 Å². The summed E-state index contributed by atoms with van der Waals surface area (Å²) < 4.78 is 0. The first-order valence-electron chi connectivity index (χ1n) is 5.98. The Morgan fingerprint density at radius 1 is 1.35 bits per heavy atom. The summed E-state index contributed by atoms with van der Waals surface area (Å²) in [5.74, 6) is 0.0690. The highest BCUT2D eigenvalue weighted by molar-refractivity contribution is 7.08. The highest BCUT2D eigenvalue weighted by Gasteiger charge is 2.11. The number of amidine groups is 1. The molecule has 5 nitrogen and oxygen atoms in total. The van der Waals surface area contributed by atoms with Crippen molar-refractivity contribution in [3.63, 3.8) is 0 Å². The Morgan fingerprint density at radius 2 is 2.10 bits per heavy atom. The molecule has 2 aromatic rings. The SMILES string of the molecule is CN(C(=O)CO/N=C(\N)c1ccsc1)c1ccccc1. The lowest BCUT2D eigenvalue weighted by atomic mass is 10.3. The van der Waals surface area contributed by atoms with Crippen molar-refractivity contribution in [2.24, 2.45) is 10.9 Å². The Bertz CT molecular complexity index is 582. The van der Waals surface area contributed by atoms with E-state index in [0.29, 0.717) is 0 Å². The quantitative estimate of drug-likeness (QED) is 0.520. The maximum absolute atomic E-state index is 11.9. The van der Waals surface area contributed by atoms with E-state index < -0.39 is 0 Å². The van der Waals surface area contributed by atoms with Crippen molar-refractivity contribution in [2.75, 3.05) is 18.6 Å². The first-order valence-corrected chi connectivity index (χ1v) is 6.92. The van der Waals surface area contributed by atoms with E-state index in [0.717, 1.165) is 11.3 Å². The number of likely N-dealkylation sites (N-methyl/N-ethyl adjacent to an activating group) is 1. The average Bonchev–Trinajstić information content (AvgIpc) is 3.01. The Kier molecular flexibility index (Phi) is 4.73. The molecule has 6 heteroatoms. The molecule has 0 spiro atoms. The number of rotatable bonds is 5. The summed E-state index contributed by atoms with van der Waals surface area (Å²) in [6.45, 7) is -0.157. The molecule has 0 aliphatic rings. The Hall–Kier alpha value is -2.34. The van der Waals surface area contributed by atoms with Crippen LogP contribution in [0.5, 0.6) is 0 Å². The number of para-hydroxylation sites is 1. The molecule has 104 valence electrons. The Morgan fingerprint density at radius 3 is 2.75 bits per heavy atom. The van der Waals surface area contributed by atoms with Crippen molar-refractivity contribution in [3.05, 3.63) is 52.7 Å². The molecular weight excluding hydrogens is 274 g/mol. The van der Waals surface area contributed by atoms with Gasteiger partial charge in [0.05, 0.1) is 0 Å². The molecule has 0 aliphatic heterocycles. The average molecular weight is 289 g/mol. The molecule has 20 heavy (non-hydrogen) atoms. The molecule has 2 rings (SSSR count). The van der Waals surface area contributed by atoms with Crippen molar-refractivity contribution in [3.8, 4) is 0 Å². The van der Waals surface area contributed by atoms with E-state index in [9.17, 15) is 4.79 Å². The molecule has 0 fully saturated rings. The second-order valence-corrected chi connectivity index (χ2v) is 4.83. The fourth-order valence-electron chi connectivity index (χ4n) is 1.51. The minimum Gasteiger partial charge on any atom is -0.384 e. The predicted molar refractivity (Wildman–Crippen MR) is 80.8 cm³/mol. The molecule has 1 aromatic carbocycles. The molecule has 2 N–H and O–H groups in total. The Balaban J connectivity index is 1.88. The van der Waals surface area contributed by atoms with Crippen LogP contribution >= 0.6 is 11.3 Å². The number of thiophene rings is 1. The Labute approximate surface area is 121 Å². The van der Waals surface area contributed by atoms with Gasteiger partial charge in [0.1, 0.15) is 0 Å². The van der Waals surface area contributed by atoms with Gasteiger partial charge in [-0.15, -0.1) is 0 Å². The van der Waals surface area contributed by atoms with Crippen molar-refractivity contribution in [2.45, 2.75) is 0 Å². The zero-order valence-corrected chi connectivity index (χ0v) is 11.8. The van der Waals surface area contributed by atoms with Gasteiger partial charge in [-0.3, -0.25) is 4.79 Å². The van der Waals surface area contributed by atoms with Crippen LogP contribution in [-0.2, 0) is 9.63 Å². The molecule has 0 unspecified atom stereocenters. The number of nitrogens with two attached hydrogens (primary N) is 1. The second-order valence-electron chi connectivity index (χ2n) is 4.05. The largest absolute Gasteiger partial charge is 0.384 e. The second kappa shape index (κ2) is 6.72. The number of benzene rings is 1. The van der Waals surface area contributed by atoms with Crippen LogP contribution in [0.1, 0.15) is 5.56 Å². The summed E-state index contributed by atoms with van der Waals surface area (Å²) in [7, 11) is 1.69. The number of nitrogens with zero attached hydrogens (tertiary/aromatic N) is 2. The molecule has 0 saturated heterocycles. The highest BCUT2D eigenvalue weighted by Crippen LogP contribution is 2.11. The van der Waals surface area contributed by atoms with E-state index in [-0.39, 0.29) is 18.3 Å². The van der Waals surface area contributed by atoms with Crippen LogP contribution in [0.4, 0.5) is 5.69 Å². The standard InChI is InChI=1S/C14H15N3O2S/c1-17(12-5-3-2-4-6-12)13(18)9-19-16-14(15)11-7-8-20-10-11/h2-8,10H,9H2,1H3,(H2,15,16). The summed E-state index contributed by atoms with van der Waals surface area (Å²) in [5, 5.41) is 7.49. The molecule has 0 saturated carbocycles. The summed E-state index contributed by atoms with van der Waals surface area (Å²) in [6.07, 6.45) is 0. The molecule has 0 radical (unpaired) electrons. The van der Waals surface area contributed by atoms with E-state index in [4.69, 9.17) is 10.6 Å². The zero-order valence-electron chi connectivity index (χ0n) is 11.0. The molecule has 0 atom stereocenters. The van der Waals surface area contributed by atoms with Gasteiger partial charge in [-0.25, -0.2) is 0 Å². The fraction of sp³-hybridized carbons (Fsp3) is 0.143. The maximum atomic E-state index is 11.9. The van der Waals surface area contributed by atoms with Gasteiger partial charge in [-0.05, 0) is 23.6 Å². The highest BCUT2D eigenvalue weighted by atomic mass is 32.1. The van der Waals surface area contributed by atoms with Crippen LogP contribution in [-0.4, -0.2) is 25.4 Å². The molecule has 0 bridgehead atoms. The molecular formula is C14H15N3O2S. The predicted octanol–water partition coefficient (Wildman–Crippen LogP) is 2.05. The minimum absolute atomic E-state index is 0.157. The number of carbonyl (C=O) groups excluding carboxylic acids is 1. The zero-order chi connectivity index (χ0) is 14.4. The van der Waals surface area contributed by atoms with Gasteiger partial charge in [0.2, 0.25) is 0 Å². The monoisotopic (exact) mass is 289 g/mol. The normalized spacial score (nSPS) is 11.2. The van der Waals surface area contributed by atoms with Gasteiger partial charge in [-0.1, -0.05) is 23.4 Å². The number of carbonyl (C=O) groups is 1. The number of amides is 1. The topological polar surface area (TPSA) is 67.9 Å². The maximum Gasteiger partial charge on any atom is 0.267 e. The van der Waals surface area contributed by atoms with Gasteiger partial charge in [0, 0.05) is 23.7 Å². The van der Waals surface area contributed by atoms with Gasteiger partial charge in [0.25, 0.3) is 5.91 Å². The van der Waals surface area contributed by atoms with Crippen LogP contribution in [0.15, 0.2) is 52.3 Å². The first kappa shape index (κ1) is 14.1. The molecule has 1 aromatic heterocycles. The van der Waals surface area contributed by atoms with Crippen LogP contribution in [0, 0.1) is 0 Å². The van der Waals surface area contributed by atoms with Gasteiger partial charge in [0.15, 0.2) is 12.4 Å². The van der Waals surface area contributed by atoms with Crippen molar-refractivity contribution in [1.82, 2.24) is 0 Å². The van der Waals surface area contributed by atoms with Crippen LogP contribution < -0.4 is 10.6 Å². The number of hydrogen-bond acceptors (Lipinski definition) is 4. The summed E-state index contributed by atoms with van der Waals surface area (Å²) in [4.78, 5) is 18.4. The molecule has 0 aliphatic carbocycles. The summed E-state index contributed by atoms with van der Waals surface area (Å²) in [5.41, 5.74) is 7.31. The lowest BCUT2D eigenvalue weighted by Crippen LogP contribution is -2.29. The van der Waals surface area contributed by atoms with Crippen molar-refractivity contribution < 1.29 is 9.63 Å². The van der Waals surface area contributed by atoms with Crippen LogP contribution in [0.3, 0.4) is 0 Å². The van der Waals surface area contributed by atoms with Crippen LogP contribution in [0.2, 0.25) is 0 Å². The van der Waals surface area contributed by atoms with Gasteiger partial charge in [-0.2, -0.15) is 11.3 Å². The smallest absolute Gasteiger partial charge is 0.267 e.